The molecule has 102 valence electrons. The highest BCUT2D eigenvalue weighted by Crippen LogP contribution is 2.10. The molecule has 0 aliphatic carbocycles. The maximum absolute atomic E-state index is 11.9. The van der Waals surface area contributed by atoms with Crippen LogP contribution in [-0.2, 0) is 21.2 Å². The second-order valence-electron chi connectivity index (χ2n) is 3.78. The third kappa shape index (κ3) is 4.73. The van der Waals surface area contributed by atoms with Gasteiger partial charge in [-0.3, -0.25) is 0 Å². The number of benzene rings is 1. The van der Waals surface area contributed by atoms with Crippen LogP contribution in [0.2, 0.25) is 0 Å². The molecule has 6 heteroatoms. The summed E-state index contributed by atoms with van der Waals surface area (Å²) in [7, 11) is -3.43. The van der Waals surface area contributed by atoms with Crippen molar-refractivity contribution in [1.29, 1.82) is 0 Å². The summed E-state index contributed by atoms with van der Waals surface area (Å²) in [5.74, 6) is 0. The summed E-state index contributed by atoms with van der Waals surface area (Å²) < 4.78 is 31.3. The van der Waals surface area contributed by atoms with Gasteiger partial charge in [0.15, 0.2) is 0 Å². The maximum atomic E-state index is 11.9. The minimum atomic E-state index is -3.43. The van der Waals surface area contributed by atoms with Crippen molar-refractivity contribution in [2.75, 3.05) is 26.3 Å². The van der Waals surface area contributed by atoms with Gasteiger partial charge in [-0.1, -0.05) is 12.1 Å². The Kier molecular flexibility index (Phi) is 6.28. The highest BCUT2D eigenvalue weighted by atomic mass is 32.2. The largest absolute Gasteiger partial charge is 0.380 e. The highest BCUT2D eigenvalue weighted by Gasteiger charge is 2.12. The number of hydrogen-bond donors (Lipinski definition) is 2. The molecule has 1 rings (SSSR count). The first kappa shape index (κ1) is 15.1. The molecule has 0 bridgehead atoms. The van der Waals surface area contributed by atoms with Gasteiger partial charge in [-0.05, 0) is 37.6 Å². The van der Waals surface area contributed by atoms with E-state index >= 15 is 0 Å². The number of nitrogens with one attached hydrogen (secondary N) is 1. The van der Waals surface area contributed by atoms with Crippen molar-refractivity contribution >= 4 is 10.0 Å². The zero-order valence-corrected chi connectivity index (χ0v) is 11.4. The van der Waals surface area contributed by atoms with Crippen molar-refractivity contribution in [3.8, 4) is 0 Å². The molecule has 0 radical (unpaired) electrons. The normalized spacial score (nSPS) is 11.7. The molecular formula is C12H20N2O3S. The first-order chi connectivity index (χ1) is 8.60. The molecule has 0 unspecified atom stereocenters. The fraction of sp³-hybridized carbons (Fsp3) is 0.500. The van der Waals surface area contributed by atoms with Crippen molar-refractivity contribution in [2.24, 2.45) is 5.73 Å². The molecule has 0 heterocycles. The summed E-state index contributed by atoms with van der Waals surface area (Å²) in [6, 6.07) is 6.75. The Morgan fingerprint density at radius 1 is 1.28 bits per heavy atom. The van der Waals surface area contributed by atoms with Gasteiger partial charge in [0.05, 0.1) is 11.5 Å². The van der Waals surface area contributed by atoms with Gasteiger partial charge in [-0.25, -0.2) is 13.1 Å². The Labute approximate surface area is 108 Å². The van der Waals surface area contributed by atoms with Gasteiger partial charge in [-0.2, -0.15) is 0 Å². The van der Waals surface area contributed by atoms with Crippen LogP contribution in [0.5, 0.6) is 0 Å². The molecule has 0 aliphatic rings. The van der Waals surface area contributed by atoms with E-state index in [0.29, 0.717) is 19.8 Å². The van der Waals surface area contributed by atoms with Crippen LogP contribution >= 0.6 is 0 Å². The molecule has 0 spiro atoms. The average Bonchev–Trinajstić information content (AvgIpc) is 2.36. The van der Waals surface area contributed by atoms with Crippen LogP contribution in [-0.4, -0.2) is 34.7 Å². The van der Waals surface area contributed by atoms with E-state index in [-0.39, 0.29) is 11.4 Å². The Morgan fingerprint density at radius 2 is 1.94 bits per heavy atom. The molecule has 0 aromatic heterocycles. The molecule has 0 aliphatic heterocycles. The van der Waals surface area contributed by atoms with Gasteiger partial charge < -0.3 is 10.5 Å². The summed E-state index contributed by atoms with van der Waals surface area (Å²) >= 11 is 0. The van der Waals surface area contributed by atoms with Crippen molar-refractivity contribution < 1.29 is 13.2 Å². The lowest BCUT2D eigenvalue weighted by atomic mass is 10.2. The summed E-state index contributed by atoms with van der Waals surface area (Å²) in [6.07, 6.45) is 0.748. The molecule has 1 aromatic rings. The van der Waals surface area contributed by atoms with E-state index in [9.17, 15) is 8.42 Å². The molecule has 18 heavy (non-hydrogen) atoms. The van der Waals surface area contributed by atoms with Crippen LogP contribution in [0, 0.1) is 0 Å². The predicted octanol–water partition coefficient (Wildman–Crippen LogP) is 0.503. The zero-order valence-electron chi connectivity index (χ0n) is 10.6. The third-order valence-electron chi connectivity index (χ3n) is 2.41. The Morgan fingerprint density at radius 3 is 2.50 bits per heavy atom. The molecule has 3 N–H and O–H groups in total. The van der Waals surface area contributed by atoms with Gasteiger partial charge in [0.25, 0.3) is 0 Å². The van der Waals surface area contributed by atoms with Crippen LogP contribution < -0.4 is 10.5 Å². The summed E-state index contributed by atoms with van der Waals surface area (Å²) in [5, 5.41) is 0. The number of rotatable bonds is 8. The second kappa shape index (κ2) is 7.48. The van der Waals surface area contributed by atoms with E-state index in [0.717, 1.165) is 12.0 Å². The Bertz CT molecular complexity index is 443. The number of ether oxygens (including phenoxy) is 1. The Hall–Kier alpha value is -0.950. The molecule has 5 nitrogen and oxygen atoms in total. The fourth-order valence-electron chi connectivity index (χ4n) is 1.48. The van der Waals surface area contributed by atoms with Crippen LogP contribution in [0.25, 0.3) is 0 Å². The smallest absolute Gasteiger partial charge is 0.240 e. The van der Waals surface area contributed by atoms with Gasteiger partial charge in [0, 0.05) is 13.2 Å². The predicted molar refractivity (Wildman–Crippen MR) is 70.9 cm³/mol. The standard InChI is InChI=1S/C12H20N2O3S/c1-2-17-10-9-14-18(15,16)12-5-3-11(4-6-12)7-8-13/h3-6,14H,2,7-10,13H2,1H3. The minimum Gasteiger partial charge on any atom is -0.380 e. The second-order valence-corrected chi connectivity index (χ2v) is 5.54. The zero-order chi connectivity index (χ0) is 13.4. The van der Waals surface area contributed by atoms with Crippen molar-refractivity contribution in [3.05, 3.63) is 29.8 Å². The van der Waals surface area contributed by atoms with Gasteiger partial charge >= 0.3 is 0 Å². The molecule has 0 fully saturated rings. The quantitative estimate of drug-likeness (QED) is 0.675. The fourth-order valence-corrected chi connectivity index (χ4v) is 2.49. The van der Waals surface area contributed by atoms with Crippen LogP contribution in [0.3, 0.4) is 0 Å². The van der Waals surface area contributed by atoms with E-state index in [1.807, 2.05) is 6.92 Å². The van der Waals surface area contributed by atoms with E-state index in [4.69, 9.17) is 10.5 Å². The van der Waals surface area contributed by atoms with E-state index in [1.54, 1.807) is 24.3 Å². The summed E-state index contributed by atoms with van der Waals surface area (Å²) in [4.78, 5) is 0.264. The first-order valence-corrected chi connectivity index (χ1v) is 7.45. The lowest BCUT2D eigenvalue weighted by molar-refractivity contribution is 0.153. The average molecular weight is 272 g/mol. The SMILES string of the molecule is CCOCCNS(=O)(=O)c1ccc(CCN)cc1. The van der Waals surface area contributed by atoms with Gasteiger partial charge in [0.2, 0.25) is 10.0 Å². The van der Waals surface area contributed by atoms with Crippen LogP contribution in [0.1, 0.15) is 12.5 Å². The first-order valence-electron chi connectivity index (χ1n) is 5.96. The minimum absolute atomic E-state index is 0.264. The number of hydrogen-bond acceptors (Lipinski definition) is 4. The molecule has 1 aromatic carbocycles. The highest BCUT2D eigenvalue weighted by molar-refractivity contribution is 7.89. The molecule has 0 atom stereocenters. The topological polar surface area (TPSA) is 81.4 Å². The number of nitrogens with two attached hydrogens (primary N) is 1. The van der Waals surface area contributed by atoms with E-state index in [1.165, 1.54) is 0 Å². The molecule has 0 amide bonds. The van der Waals surface area contributed by atoms with Crippen molar-refractivity contribution in [2.45, 2.75) is 18.2 Å². The lowest BCUT2D eigenvalue weighted by Gasteiger charge is -2.07. The van der Waals surface area contributed by atoms with Crippen LogP contribution in [0.4, 0.5) is 0 Å². The number of sulfonamides is 1. The molecule has 0 saturated heterocycles. The lowest BCUT2D eigenvalue weighted by Crippen LogP contribution is -2.27. The summed E-state index contributed by atoms with van der Waals surface area (Å²) in [6.45, 7) is 3.65. The van der Waals surface area contributed by atoms with Crippen LogP contribution in [0.15, 0.2) is 29.2 Å². The van der Waals surface area contributed by atoms with Crippen molar-refractivity contribution in [1.82, 2.24) is 4.72 Å². The third-order valence-corrected chi connectivity index (χ3v) is 3.89. The Balaban J connectivity index is 2.61. The maximum Gasteiger partial charge on any atom is 0.240 e. The van der Waals surface area contributed by atoms with Crippen molar-refractivity contribution in [3.63, 3.8) is 0 Å². The molecular weight excluding hydrogens is 252 g/mol. The molecule has 0 saturated carbocycles. The van der Waals surface area contributed by atoms with E-state index < -0.39 is 10.0 Å². The summed E-state index contributed by atoms with van der Waals surface area (Å²) in [5.41, 5.74) is 6.47. The van der Waals surface area contributed by atoms with E-state index in [2.05, 4.69) is 4.72 Å². The van der Waals surface area contributed by atoms with Gasteiger partial charge in [-0.15, -0.1) is 0 Å². The monoisotopic (exact) mass is 272 g/mol. The van der Waals surface area contributed by atoms with Gasteiger partial charge in [0.1, 0.15) is 0 Å².